The Morgan fingerprint density at radius 2 is 0.542 bits per heavy atom. The summed E-state index contributed by atoms with van der Waals surface area (Å²) in [6.07, 6.45) is 4.13. The van der Waals surface area contributed by atoms with Gasteiger partial charge in [-0.2, -0.15) is 0 Å². The zero-order valence-electron chi connectivity index (χ0n) is 68.7. The summed E-state index contributed by atoms with van der Waals surface area (Å²) < 4.78 is 94.9. The van der Waals surface area contributed by atoms with E-state index in [2.05, 4.69) is 278 Å². The fourth-order valence-electron chi connectivity index (χ4n) is 17.7. The van der Waals surface area contributed by atoms with Gasteiger partial charge in [-0.1, -0.05) is 353 Å². The molecular formula is C105H76N2. The molecule has 3 aliphatic rings. The molecule has 0 heterocycles. The minimum atomic E-state index is -1.31. The highest BCUT2D eigenvalue weighted by atomic mass is 15.1. The second-order valence-corrected chi connectivity index (χ2v) is 28.0. The predicted octanol–water partition coefficient (Wildman–Crippen LogP) is 26.7. The Labute approximate surface area is 642 Å². The van der Waals surface area contributed by atoms with Crippen molar-refractivity contribution >= 4 is 46.3 Å². The van der Waals surface area contributed by atoms with Crippen LogP contribution in [0.3, 0.4) is 0 Å². The molecule has 19 rings (SSSR count). The zero-order chi connectivity index (χ0) is 80.2. The zero-order valence-corrected chi connectivity index (χ0v) is 58.7. The van der Waals surface area contributed by atoms with Crippen molar-refractivity contribution in [3.63, 3.8) is 0 Å². The van der Waals surface area contributed by atoms with E-state index in [-0.39, 0.29) is 48.1 Å². The standard InChI is InChI=1S/C105H76N2/c1-3-73-43-47-75(48-44-73)71-103(81-31-15-7-16-32-81)97-41-25-23-39-91(97)93-63-59-87(67-99(93)103)106(85-55-51-79(52-56-85)77-27-11-5-12-28-77)89-61-65-95-96-66-62-90(70-102(96)105(101(95)69-89,83-35-19-9-20-36-83)84-37-21-10-22-38-84)107(86-57-53-80(54-58-86)78-29-13-6-14-30-78)88-60-64-94-92-40-24-26-42-98(92)104(100(94)68-88,82-33-17-8-18-34-82)72-76-49-45-74(4-2)46-50-76/h3-70H,1-2,71-72H2/i7D,8D,15D,16D,17D,18D,31D,32D,33D,34D. The molecule has 107 heavy (non-hydrogen) atoms. The molecule has 0 aliphatic heterocycles. The van der Waals surface area contributed by atoms with Gasteiger partial charge in [0.1, 0.15) is 0 Å². The van der Waals surface area contributed by atoms with E-state index in [4.69, 9.17) is 2.74 Å². The maximum absolute atomic E-state index is 9.94. The summed E-state index contributed by atoms with van der Waals surface area (Å²) in [6, 6.07) is 115. The molecule has 16 aromatic carbocycles. The van der Waals surface area contributed by atoms with Crippen LogP contribution in [0.2, 0.25) is 0 Å². The third-order valence-electron chi connectivity index (χ3n) is 22.5. The van der Waals surface area contributed by atoms with Crippen molar-refractivity contribution in [2.24, 2.45) is 0 Å². The maximum atomic E-state index is 9.94. The maximum Gasteiger partial charge on any atom is 0.0715 e. The van der Waals surface area contributed by atoms with E-state index < -0.39 is 52.5 Å². The van der Waals surface area contributed by atoms with Gasteiger partial charge in [0, 0.05) is 34.1 Å². The summed E-state index contributed by atoms with van der Waals surface area (Å²) in [4.78, 5) is 4.60. The van der Waals surface area contributed by atoms with Crippen LogP contribution in [0.4, 0.5) is 34.1 Å². The smallest absolute Gasteiger partial charge is 0.0715 e. The average molecular weight is 1380 g/mol. The molecule has 0 N–H and O–H groups in total. The molecule has 2 atom stereocenters. The summed E-state index contributed by atoms with van der Waals surface area (Å²) >= 11 is 0. The van der Waals surface area contributed by atoms with Crippen LogP contribution in [0.25, 0.3) is 67.8 Å². The molecule has 16 aromatic rings. The molecule has 0 amide bonds. The van der Waals surface area contributed by atoms with Crippen molar-refractivity contribution in [3.05, 3.63) is 491 Å². The first-order chi connectivity index (χ1) is 57.0. The van der Waals surface area contributed by atoms with Crippen molar-refractivity contribution in [1.29, 1.82) is 0 Å². The van der Waals surface area contributed by atoms with Gasteiger partial charge in [0.15, 0.2) is 0 Å². The summed E-state index contributed by atoms with van der Waals surface area (Å²) in [5, 5.41) is 0. The van der Waals surface area contributed by atoms with E-state index >= 15 is 0 Å². The molecule has 2 heteroatoms. The minimum Gasteiger partial charge on any atom is -0.310 e. The number of hydrogen-bond acceptors (Lipinski definition) is 2. The SMILES string of the molecule is [2H]c1c([2H])c([2H])c(C2(Cc3ccc(C=C)cc3)c3ccccc3-c3ccc(N(c4ccc(-c5ccccc5)cc4)c4ccc5c(c4)C(c4ccccc4)(c4ccccc4)c4cc(N(c6ccc(-c7ccccc7)cc6)c6ccc7c(c6)C(Cc6ccc(C=C)cc6)(c6c([2H])c([2H])c([2H])c([2H])c6[2H])c6ccccc6-7)ccc4-5)cc32)c([2H])c1[2H]. The quantitative estimate of drug-likeness (QED) is 0.0845. The van der Waals surface area contributed by atoms with Crippen molar-refractivity contribution in [2.45, 2.75) is 29.1 Å². The highest BCUT2D eigenvalue weighted by molar-refractivity contribution is 5.95. The topological polar surface area (TPSA) is 6.48 Å². The van der Waals surface area contributed by atoms with Gasteiger partial charge in [-0.05, 0) is 219 Å². The Balaban J connectivity index is 0.846. The van der Waals surface area contributed by atoms with E-state index in [1.54, 1.807) is 12.2 Å². The molecule has 0 aromatic heterocycles. The van der Waals surface area contributed by atoms with E-state index in [1.807, 2.05) is 84.9 Å². The number of nitrogens with zero attached hydrogens (tertiary/aromatic N) is 2. The van der Waals surface area contributed by atoms with Crippen LogP contribution < -0.4 is 9.80 Å². The third kappa shape index (κ3) is 10.7. The Hall–Kier alpha value is -13.4. The lowest BCUT2D eigenvalue weighted by Crippen LogP contribution is -2.30. The van der Waals surface area contributed by atoms with Gasteiger partial charge < -0.3 is 9.80 Å². The summed E-state index contributed by atoms with van der Waals surface area (Å²) in [5.41, 5.74) is 22.6. The van der Waals surface area contributed by atoms with Crippen molar-refractivity contribution in [1.82, 2.24) is 0 Å². The van der Waals surface area contributed by atoms with Crippen molar-refractivity contribution in [2.75, 3.05) is 9.80 Å². The predicted molar refractivity (Wildman–Crippen MR) is 448 cm³/mol. The summed E-state index contributed by atoms with van der Waals surface area (Å²) in [6.45, 7) is 8.10. The lowest BCUT2D eigenvalue weighted by Gasteiger charge is -2.36. The molecule has 506 valence electrons. The fraction of sp³-hybridized carbons (Fsp3) is 0.0476. The fourth-order valence-corrected chi connectivity index (χ4v) is 17.7. The molecule has 2 nitrogen and oxygen atoms in total. The van der Waals surface area contributed by atoms with Crippen LogP contribution in [0, 0.1) is 0 Å². The molecule has 0 bridgehead atoms. The third-order valence-corrected chi connectivity index (χ3v) is 22.5. The van der Waals surface area contributed by atoms with E-state index in [0.717, 1.165) is 157 Å². The largest absolute Gasteiger partial charge is 0.310 e. The Morgan fingerprint density at radius 1 is 0.252 bits per heavy atom. The molecular weight excluding hydrogens is 1290 g/mol. The summed E-state index contributed by atoms with van der Waals surface area (Å²) in [7, 11) is 0. The van der Waals surface area contributed by atoms with Crippen LogP contribution >= 0.6 is 0 Å². The number of benzene rings is 16. The van der Waals surface area contributed by atoms with Gasteiger partial charge in [-0.25, -0.2) is 0 Å². The highest BCUT2D eigenvalue weighted by Gasteiger charge is 2.49. The molecule has 0 fully saturated rings. The highest BCUT2D eigenvalue weighted by Crippen LogP contribution is 2.61. The average Bonchev–Trinajstić information content (AvgIpc) is 1.56. The van der Waals surface area contributed by atoms with Crippen LogP contribution in [0.15, 0.2) is 413 Å². The molecule has 2 unspecified atom stereocenters. The molecule has 3 aliphatic carbocycles. The van der Waals surface area contributed by atoms with Crippen molar-refractivity contribution < 1.29 is 13.7 Å². The van der Waals surface area contributed by atoms with Gasteiger partial charge in [-0.3, -0.25) is 0 Å². The Morgan fingerprint density at radius 3 is 0.897 bits per heavy atom. The van der Waals surface area contributed by atoms with E-state index in [9.17, 15) is 11.0 Å². The van der Waals surface area contributed by atoms with Gasteiger partial charge >= 0.3 is 0 Å². The number of anilines is 6. The molecule has 0 saturated carbocycles. The lowest BCUT2D eigenvalue weighted by atomic mass is 9.67. The van der Waals surface area contributed by atoms with Gasteiger partial charge in [0.2, 0.25) is 0 Å². The lowest BCUT2D eigenvalue weighted by molar-refractivity contribution is 0.629. The first-order valence-corrected chi connectivity index (χ1v) is 36.4. The first kappa shape index (κ1) is 54.3. The monoisotopic (exact) mass is 1370 g/mol. The number of hydrogen-bond donors (Lipinski definition) is 0. The minimum absolute atomic E-state index is 0.199. The molecule has 0 radical (unpaired) electrons. The van der Waals surface area contributed by atoms with Crippen molar-refractivity contribution in [3.8, 4) is 55.6 Å². The van der Waals surface area contributed by atoms with Gasteiger partial charge in [-0.15, -0.1) is 0 Å². The van der Waals surface area contributed by atoms with Crippen LogP contribution in [-0.4, -0.2) is 0 Å². The Kier molecular flexibility index (Phi) is 13.5. The first-order valence-electron chi connectivity index (χ1n) is 41.4. The molecule has 0 spiro atoms. The van der Waals surface area contributed by atoms with Crippen LogP contribution in [-0.2, 0) is 29.1 Å². The number of fused-ring (bicyclic) bond motifs is 9. The van der Waals surface area contributed by atoms with E-state index in [0.29, 0.717) is 0 Å². The number of rotatable bonds is 18. The second-order valence-electron chi connectivity index (χ2n) is 28.0. The van der Waals surface area contributed by atoms with Gasteiger partial charge in [0.05, 0.1) is 30.0 Å². The Bertz CT molecular complexity index is 6190. The normalized spacial score (nSPS) is 16.5. The second kappa shape index (κ2) is 26.7. The van der Waals surface area contributed by atoms with Crippen LogP contribution in [0.1, 0.15) is 91.6 Å². The summed E-state index contributed by atoms with van der Waals surface area (Å²) in [5.74, 6) is 0. The van der Waals surface area contributed by atoms with E-state index in [1.165, 1.54) is 0 Å². The van der Waals surface area contributed by atoms with Crippen LogP contribution in [0.5, 0.6) is 0 Å². The molecule has 0 saturated heterocycles. The van der Waals surface area contributed by atoms with Gasteiger partial charge in [0.25, 0.3) is 0 Å².